The maximum atomic E-state index is 12.0. The third-order valence-electron chi connectivity index (χ3n) is 2.66. The fourth-order valence-electron chi connectivity index (χ4n) is 1.62. The van der Waals surface area contributed by atoms with E-state index < -0.39 is 17.9 Å². The lowest BCUT2D eigenvalue weighted by atomic mass is 10.2. The number of rotatable bonds is 4. The van der Waals surface area contributed by atoms with Crippen LogP contribution in [-0.2, 0) is 0 Å². The fraction of sp³-hybridized carbons (Fsp3) is 0.154. The number of amides is 1. The molecule has 0 aliphatic carbocycles. The Morgan fingerprint density at radius 3 is 2.71 bits per heavy atom. The van der Waals surface area contributed by atoms with E-state index in [4.69, 9.17) is 16.7 Å². The summed E-state index contributed by atoms with van der Waals surface area (Å²) in [6, 6.07) is 3.69. The van der Waals surface area contributed by atoms with Gasteiger partial charge in [0, 0.05) is 10.4 Å². The summed E-state index contributed by atoms with van der Waals surface area (Å²) in [4.78, 5) is 26.7. The Hall–Kier alpha value is -2.12. The van der Waals surface area contributed by atoms with Crippen LogP contribution in [0.25, 0.3) is 0 Å². The van der Waals surface area contributed by atoms with E-state index >= 15 is 0 Å². The third-order valence-corrected chi connectivity index (χ3v) is 3.93. The van der Waals surface area contributed by atoms with Gasteiger partial charge in [0.2, 0.25) is 0 Å². The highest BCUT2D eigenvalue weighted by atomic mass is 35.5. The Kier molecular flexibility index (Phi) is 4.44. The Balaban J connectivity index is 2.12. The van der Waals surface area contributed by atoms with Crippen LogP contribution in [0.2, 0.25) is 5.02 Å². The molecule has 0 saturated carbocycles. The molecule has 0 saturated heterocycles. The highest BCUT2D eigenvalue weighted by molar-refractivity contribution is 7.09. The lowest BCUT2D eigenvalue weighted by Gasteiger charge is -2.12. The predicted octanol–water partition coefficient (Wildman–Crippen LogP) is 2.69. The normalized spacial score (nSPS) is 11.9. The van der Waals surface area contributed by atoms with Crippen molar-refractivity contribution < 1.29 is 19.8 Å². The average Bonchev–Trinajstić information content (AvgIpc) is 2.88. The molecular weight excluding hydrogens is 316 g/mol. The van der Waals surface area contributed by atoms with Crippen LogP contribution in [-0.4, -0.2) is 27.1 Å². The summed E-state index contributed by atoms with van der Waals surface area (Å²) in [6.45, 7) is 1.68. The van der Waals surface area contributed by atoms with E-state index in [1.165, 1.54) is 23.6 Å². The lowest BCUT2D eigenvalue weighted by Crippen LogP contribution is -2.26. The molecule has 0 aliphatic heterocycles. The zero-order valence-electron chi connectivity index (χ0n) is 10.8. The Bertz CT molecular complexity index is 701. The number of phenols is 1. The molecule has 1 aromatic carbocycles. The summed E-state index contributed by atoms with van der Waals surface area (Å²) in [5.41, 5.74) is 0.0201. The Morgan fingerprint density at radius 2 is 2.14 bits per heavy atom. The number of benzene rings is 1. The van der Waals surface area contributed by atoms with Crippen molar-refractivity contribution in [1.82, 2.24) is 10.3 Å². The Morgan fingerprint density at radius 1 is 1.43 bits per heavy atom. The van der Waals surface area contributed by atoms with E-state index in [-0.39, 0.29) is 17.0 Å². The van der Waals surface area contributed by atoms with Crippen LogP contribution in [0, 0.1) is 0 Å². The summed E-state index contributed by atoms with van der Waals surface area (Å²) < 4.78 is 0. The van der Waals surface area contributed by atoms with Gasteiger partial charge in [0.1, 0.15) is 10.8 Å². The first-order valence-corrected chi connectivity index (χ1v) is 7.12. The number of nitrogens with zero attached hydrogens (tertiary/aromatic N) is 1. The van der Waals surface area contributed by atoms with Gasteiger partial charge in [-0.3, -0.25) is 4.79 Å². The Labute approximate surface area is 129 Å². The number of aromatic hydroxyl groups is 1. The summed E-state index contributed by atoms with van der Waals surface area (Å²) in [7, 11) is 0. The molecule has 1 aromatic heterocycles. The van der Waals surface area contributed by atoms with E-state index in [2.05, 4.69) is 10.3 Å². The number of carbonyl (C=O) groups is 2. The molecule has 0 spiro atoms. The van der Waals surface area contributed by atoms with E-state index in [0.29, 0.717) is 10.0 Å². The molecule has 2 aromatic rings. The number of aromatic carboxylic acids is 1. The second-order valence-electron chi connectivity index (χ2n) is 4.23. The lowest BCUT2D eigenvalue weighted by molar-refractivity contribution is 0.0691. The van der Waals surface area contributed by atoms with Crippen LogP contribution < -0.4 is 5.32 Å². The summed E-state index contributed by atoms with van der Waals surface area (Å²) >= 11 is 6.84. The number of hydrogen-bond donors (Lipinski definition) is 3. The highest BCUT2D eigenvalue weighted by Crippen LogP contribution is 2.23. The SMILES string of the molecule is CC(NC(=O)c1ccc(Cl)cc1O)c1nc(C(=O)O)cs1. The number of carbonyl (C=O) groups excluding carboxylic acids is 1. The zero-order chi connectivity index (χ0) is 15.6. The summed E-state index contributed by atoms with van der Waals surface area (Å²) in [6.07, 6.45) is 0. The second kappa shape index (κ2) is 6.11. The van der Waals surface area contributed by atoms with E-state index in [1.54, 1.807) is 6.92 Å². The molecule has 1 amide bonds. The van der Waals surface area contributed by atoms with Crippen molar-refractivity contribution in [1.29, 1.82) is 0 Å². The molecule has 0 aliphatic rings. The van der Waals surface area contributed by atoms with Crippen molar-refractivity contribution >= 4 is 34.8 Å². The molecule has 1 unspecified atom stereocenters. The minimum absolute atomic E-state index is 0.0644. The number of phenolic OH excluding ortho intramolecular Hbond substituents is 1. The monoisotopic (exact) mass is 326 g/mol. The van der Waals surface area contributed by atoms with Crippen LogP contribution >= 0.6 is 22.9 Å². The second-order valence-corrected chi connectivity index (χ2v) is 5.56. The molecule has 0 bridgehead atoms. The molecule has 8 heteroatoms. The van der Waals surface area contributed by atoms with Gasteiger partial charge >= 0.3 is 5.97 Å². The van der Waals surface area contributed by atoms with Gasteiger partial charge in [-0.05, 0) is 25.1 Å². The van der Waals surface area contributed by atoms with Gasteiger partial charge in [0.05, 0.1) is 11.6 Å². The van der Waals surface area contributed by atoms with Gasteiger partial charge in [-0.2, -0.15) is 0 Å². The largest absolute Gasteiger partial charge is 0.507 e. The molecule has 2 rings (SSSR count). The standard InChI is InChI=1S/C13H11ClN2O4S/c1-6(12-16-9(5-21-12)13(19)20)15-11(18)8-3-2-7(14)4-10(8)17/h2-6,17H,1H3,(H,15,18)(H,19,20). The van der Waals surface area contributed by atoms with Crippen LogP contribution in [0.3, 0.4) is 0 Å². The van der Waals surface area contributed by atoms with Gasteiger partial charge in [0.25, 0.3) is 5.91 Å². The number of carboxylic acids is 1. The topological polar surface area (TPSA) is 99.5 Å². The number of nitrogens with one attached hydrogen (secondary N) is 1. The van der Waals surface area contributed by atoms with Crippen LogP contribution in [0.15, 0.2) is 23.6 Å². The quantitative estimate of drug-likeness (QED) is 0.802. The maximum Gasteiger partial charge on any atom is 0.355 e. The number of carboxylic acid groups (broad SMARTS) is 1. The van der Waals surface area contributed by atoms with Crippen molar-refractivity contribution in [3.63, 3.8) is 0 Å². The van der Waals surface area contributed by atoms with Crippen LogP contribution in [0.4, 0.5) is 0 Å². The van der Waals surface area contributed by atoms with Gasteiger partial charge in [0.15, 0.2) is 5.69 Å². The predicted molar refractivity (Wildman–Crippen MR) is 78.1 cm³/mol. The van der Waals surface area contributed by atoms with Crippen molar-refractivity contribution in [2.45, 2.75) is 13.0 Å². The van der Waals surface area contributed by atoms with Crippen molar-refractivity contribution in [2.24, 2.45) is 0 Å². The summed E-state index contributed by atoms with van der Waals surface area (Å²) in [5.74, 6) is -1.84. The molecule has 3 N–H and O–H groups in total. The van der Waals surface area contributed by atoms with E-state index in [0.717, 1.165) is 11.3 Å². The fourth-order valence-corrected chi connectivity index (χ4v) is 2.58. The molecule has 1 heterocycles. The third kappa shape index (κ3) is 3.50. The van der Waals surface area contributed by atoms with Crippen molar-refractivity contribution in [3.05, 3.63) is 44.9 Å². The van der Waals surface area contributed by atoms with Crippen molar-refractivity contribution in [2.75, 3.05) is 0 Å². The molecule has 1 atom stereocenters. The number of hydrogen-bond acceptors (Lipinski definition) is 5. The first-order valence-electron chi connectivity index (χ1n) is 5.86. The molecule has 0 radical (unpaired) electrons. The van der Waals surface area contributed by atoms with Gasteiger partial charge < -0.3 is 15.5 Å². The van der Waals surface area contributed by atoms with Crippen LogP contribution in [0.5, 0.6) is 5.75 Å². The zero-order valence-corrected chi connectivity index (χ0v) is 12.4. The molecular formula is C13H11ClN2O4S. The number of halogens is 1. The van der Waals surface area contributed by atoms with Gasteiger partial charge in [-0.1, -0.05) is 11.6 Å². The minimum atomic E-state index is -1.12. The van der Waals surface area contributed by atoms with Crippen LogP contribution in [0.1, 0.15) is 38.8 Å². The smallest absolute Gasteiger partial charge is 0.355 e. The van der Waals surface area contributed by atoms with Crippen molar-refractivity contribution in [3.8, 4) is 5.75 Å². The molecule has 0 fully saturated rings. The first-order chi connectivity index (χ1) is 9.88. The first kappa shape index (κ1) is 15.3. The summed E-state index contributed by atoms with van der Waals surface area (Å²) in [5, 5.41) is 23.3. The number of thiazole rings is 1. The van der Waals surface area contributed by atoms with E-state index in [9.17, 15) is 14.7 Å². The van der Waals surface area contributed by atoms with E-state index in [1.807, 2.05) is 0 Å². The average molecular weight is 327 g/mol. The van der Waals surface area contributed by atoms with Gasteiger partial charge in [-0.25, -0.2) is 9.78 Å². The maximum absolute atomic E-state index is 12.0. The minimum Gasteiger partial charge on any atom is -0.507 e. The highest BCUT2D eigenvalue weighted by Gasteiger charge is 2.18. The van der Waals surface area contributed by atoms with Gasteiger partial charge in [-0.15, -0.1) is 11.3 Å². The molecule has 21 heavy (non-hydrogen) atoms. The molecule has 6 nitrogen and oxygen atoms in total. The number of aromatic nitrogens is 1. The molecule has 110 valence electrons.